The highest BCUT2D eigenvalue weighted by Gasteiger charge is 2.30. The van der Waals surface area contributed by atoms with Crippen molar-refractivity contribution in [3.8, 4) is 0 Å². The first kappa shape index (κ1) is 13.0. The Hall–Kier alpha value is -2.43. The highest BCUT2D eigenvalue weighted by Crippen LogP contribution is 2.29. The average Bonchev–Trinajstić information content (AvgIpc) is 2.63. The summed E-state index contributed by atoms with van der Waals surface area (Å²) in [6, 6.07) is 3.56. The minimum Gasteiger partial charge on any atom is -0.353 e. The molecule has 2 amide bonds. The van der Waals surface area contributed by atoms with Gasteiger partial charge in [-0.05, 0) is 24.1 Å². The molecule has 1 aliphatic rings. The third-order valence-electron chi connectivity index (χ3n) is 2.90. The van der Waals surface area contributed by atoms with Crippen LogP contribution in [0.1, 0.15) is 28.4 Å². The predicted molar refractivity (Wildman–Crippen MR) is 71.9 cm³/mol. The number of aryl methyl sites for hydroxylation is 1. The van der Waals surface area contributed by atoms with Crippen LogP contribution in [0.15, 0.2) is 18.2 Å². The fraction of sp³-hybridized carbons (Fsp3) is 0.214. The second-order valence-corrected chi connectivity index (χ2v) is 4.34. The number of anilines is 1. The van der Waals surface area contributed by atoms with Crippen molar-refractivity contribution in [2.45, 2.75) is 13.8 Å². The molecule has 1 heterocycles. The molecule has 2 rings (SSSR count). The maximum Gasteiger partial charge on any atom is 0.296 e. The number of benzene rings is 1. The summed E-state index contributed by atoms with van der Waals surface area (Å²) in [4.78, 5) is 33.9. The largest absolute Gasteiger partial charge is 0.353 e. The molecule has 2 N–H and O–H groups in total. The van der Waals surface area contributed by atoms with Gasteiger partial charge in [-0.25, -0.2) is 0 Å². The zero-order valence-electron chi connectivity index (χ0n) is 10.7. The molecule has 0 radical (unpaired) electrons. The quantitative estimate of drug-likeness (QED) is 0.802. The van der Waals surface area contributed by atoms with Gasteiger partial charge in [0.15, 0.2) is 0 Å². The van der Waals surface area contributed by atoms with Gasteiger partial charge in [0.1, 0.15) is 0 Å². The lowest BCUT2D eigenvalue weighted by molar-refractivity contribution is -0.118. The number of rotatable bonds is 3. The lowest BCUT2D eigenvalue weighted by atomic mass is 9.98. The topological polar surface area (TPSA) is 75.3 Å². The Morgan fingerprint density at radius 3 is 2.79 bits per heavy atom. The highest BCUT2D eigenvalue weighted by molar-refractivity contribution is 6.52. The van der Waals surface area contributed by atoms with Crippen molar-refractivity contribution < 1.29 is 14.4 Å². The first-order chi connectivity index (χ1) is 9.00. The summed E-state index contributed by atoms with van der Waals surface area (Å²) in [7, 11) is 0. The maximum absolute atomic E-state index is 11.8. The maximum atomic E-state index is 11.8. The SMILES string of the molecule is CC(=O)NCC=Cc1c(C)ccc2c1C(=O)C(=O)N2. The number of carbonyl (C=O) groups is 3. The monoisotopic (exact) mass is 258 g/mol. The van der Waals surface area contributed by atoms with Gasteiger partial charge in [-0.1, -0.05) is 18.2 Å². The van der Waals surface area contributed by atoms with E-state index in [9.17, 15) is 14.4 Å². The molecule has 98 valence electrons. The minimum atomic E-state index is -0.600. The molecule has 0 saturated carbocycles. The van der Waals surface area contributed by atoms with E-state index < -0.39 is 11.7 Å². The molecule has 0 unspecified atom stereocenters. The summed E-state index contributed by atoms with van der Waals surface area (Å²) in [6.07, 6.45) is 3.50. The van der Waals surface area contributed by atoms with Crippen LogP contribution in [0.5, 0.6) is 0 Å². The Kier molecular flexibility index (Phi) is 3.46. The molecular formula is C14H14N2O3. The number of Topliss-reactive ketones (excluding diaryl/α,β-unsaturated/α-hetero) is 1. The van der Waals surface area contributed by atoms with E-state index in [1.807, 2.05) is 13.0 Å². The zero-order chi connectivity index (χ0) is 14.0. The van der Waals surface area contributed by atoms with E-state index in [0.29, 0.717) is 23.4 Å². The second kappa shape index (κ2) is 5.06. The summed E-state index contributed by atoms with van der Waals surface area (Å²) in [5.74, 6) is -1.23. The van der Waals surface area contributed by atoms with Crippen molar-refractivity contribution in [1.82, 2.24) is 5.32 Å². The summed E-state index contributed by atoms with van der Waals surface area (Å²) in [5.41, 5.74) is 2.57. The van der Waals surface area contributed by atoms with Gasteiger partial charge in [0.05, 0.1) is 11.3 Å². The van der Waals surface area contributed by atoms with Crippen molar-refractivity contribution in [2.24, 2.45) is 0 Å². The Morgan fingerprint density at radius 1 is 1.37 bits per heavy atom. The lowest BCUT2D eigenvalue weighted by Gasteiger charge is -2.06. The van der Waals surface area contributed by atoms with E-state index in [1.54, 1.807) is 18.2 Å². The smallest absolute Gasteiger partial charge is 0.296 e. The van der Waals surface area contributed by atoms with Crippen molar-refractivity contribution in [3.05, 3.63) is 34.9 Å². The summed E-state index contributed by atoms with van der Waals surface area (Å²) < 4.78 is 0. The Morgan fingerprint density at radius 2 is 2.11 bits per heavy atom. The van der Waals surface area contributed by atoms with Gasteiger partial charge in [-0.2, -0.15) is 0 Å². The molecule has 1 aromatic rings. The Labute approximate surface area is 110 Å². The van der Waals surface area contributed by atoms with Crippen molar-refractivity contribution >= 4 is 29.4 Å². The van der Waals surface area contributed by atoms with Gasteiger partial charge in [0.2, 0.25) is 5.91 Å². The predicted octanol–water partition coefficient (Wildman–Crippen LogP) is 1.28. The zero-order valence-corrected chi connectivity index (χ0v) is 10.7. The number of carbonyl (C=O) groups excluding carboxylic acids is 3. The fourth-order valence-electron chi connectivity index (χ4n) is 1.96. The first-order valence-electron chi connectivity index (χ1n) is 5.91. The minimum absolute atomic E-state index is 0.118. The number of fused-ring (bicyclic) bond motifs is 1. The number of ketones is 1. The van der Waals surface area contributed by atoms with E-state index in [0.717, 1.165) is 5.56 Å². The van der Waals surface area contributed by atoms with Crippen LogP contribution < -0.4 is 10.6 Å². The molecule has 0 saturated heterocycles. The number of nitrogens with one attached hydrogen (secondary N) is 2. The van der Waals surface area contributed by atoms with Crippen LogP contribution in [0, 0.1) is 6.92 Å². The Balaban J connectivity index is 2.31. The molecule has 5 heteroatoms. The van der Waals surface area contributed by atoms with Gasteiger partial charge < -0.3 is 10.6 Å². The highest BCUT2D eigenvalue weighted by atomic mass is 16.2. The first-order valence-corrected chi connectivity index (χ1v) is 5.91. The molecule has 0 fully saturated rings. The summed E-state index contributed by atoms with van der Waals surface area (Å²) >= 11 is 0. The van der Waals surface area contributed by atoms with E-state index in [4.69, 9.17) is 0 Å². The lowest BCUT2D eigenvalue weighted by Crippen LogP contribution is -2.19. The van der Waals surface area contributed by atoms with Gasteiger partial charge in [-0.3, -0.25) is 14.4 Å². The second-order valence-electron chi connectivity index (χ2n) is 4.34. The van der Waals surface area contributed by atoms with Gasteiger partial charge in [0.25, 0.3) is 11.7 Å². The van der Waals surface area contributed by atoms with Crippen LogP contribution in [-0.2, 0) is 9.59 Å². The molecule has 1 aliphatic heterocycles. The van der Waals surface area contributed by atoms with E-state index >= 15 is 0 Å². The van der Waals surface area contributed by atoms with E-state index in [2.05, 4.69) is 10.6 Å². The van der Waals surface area contributed by atoms with Crippen LogP contribution in [-0.4, -0.2) is 24.1 Å². The molecule has 19 heavy (non-hydrogen) atoms. The van der Waals surface area contributed by atoms with Gasteiger partial charge >= 0.3 is 0 Å². The standard InChI is InChI=1S/C14H14N2O3/c1-8-5-6-11-12(13(18)14(19)16-11)10(8)4-3-7-15-9(2)17/h3-6H,7H2,1-2H3,(H,15,17)(H,16,18,19). The number of hydrogen-bond donors (Lipinski definition) is 2. The number of amides is 2. The molecule has 0 bridgehead atoms. The number of hydrogen-bond acceptors (Lipinski definition) is 3. The molecule has 0 aromatic heterocycles. The van der Waals surface area contributed by atoms with Crippen molar-refractivity contribution in [2.75, 3.05) is 11.9 Å². The van der Waals surface area contributed by atoms with Crippen LogP contribution in [0.4, 0.5) is 5.69 Å². The van der Waals surface area contributed by atoms with Crippen molar-refractivity contribution in [1.29, 1.82) is 0 Å². The van der Waals surface area contributed by atoms with Crippen LogP contribution in [0.3, 0.4) is 0 Å². The van der Waals surface area contributed by atoms with E-state index in [-0.39, 0.29) is 5.91 Å². The molecule has 5 nitrogen and oxygen atoms in total. The van der Waals surface area contributed by atoms with Gasteiger partial charge in [-0.15, -0.1) is 0 Å². The fourth-order valence-corrected chi connectivity index (χ4v) is 1.96. The molecule has 0 spiro atoms. The van der Waals surface area contributed by atoms with Crippen LogP contribution in [0.2, 0.25) is 0 Å². The average molecular weight is 258 g/mol. The van der Waals surface area contributed by atoms with E-state index in [1.165, 1.54) is 6.92 Å². The Bertz CT molecular complexity index is 603. The van der Waals surface area contributed by atoms with Crippen LogP contribution in [0.25, 0.3) is 6.08 Å². The van der Waals surface area contributed by atoms with Gasteiger partial charge in [0, 0.05) is 13.5 Å². The molecule has 0 atom stereocenters. The van der Waals surface area contributed by atoms with Crippen molar-refractivity contribution in [3.63, 3.8) is 0 Å². The molecule has 1 aromatic carbocycles. The summed E-state index contributed by atoms with van der Waals surface area (Å²) in [6.45, 7) is 3.69. The molecular weight excluding hydrogens is 244 g/mol. The summed E-state index contributed by atoms with van der Waals surface area (Å²) in [5, 5.41) is 5.16. The third-order valence-corrected chi connectivity index (χ3v) is 2.90. The molecule has 0 aliphatic carbocycles. The van der Waals surface area contributed by atoms with Crippen LogP contribution >= 0.6 is 0 Å². The normalized spacial score (nSPS) is 13.6. The third kappa shape index (κ3) is 2.54.